The highest BCUT2D eigenvalue weighted by Crippen LogP contribution is 2.18. The zero-order valence-corrected chi connectivity index (χ0v) is 16.7. The molecule has 154 valence electrons. The molecule has 1 amide bonds. The molecule has 8 heteroatoms. The van der Waals surface area contributed by atoms with Gasteiger partial charge in [0.1, 0.15) is 5.69 Å². The van der Waals surface area contributed by atoms with Crippen molar-refractivity contribution in [1.29, 1.82) is 0 Å². The minimum absolute atomic E-state index is 0.148. The number of para-hydroxylation sites is 1. The fourth-order valence-electron chi connectivity index (χ4n) is 3.67. The molecule has 2 aliphatic rings. The van der Waals surface area contributed by atoms with Gasteiger partial charge in [-0.3, -0.25) is 9.69 Å². The Labute approximate surface area is 171 Å². The van der Waals surface area contributed by atoms with Gasteiger partial charge in [-0.05, 0) is 18.2 Å². The summed E-state index contributed by atoms with van der Waals surface area (Å²) in [4.78, 5) is 28.2. The molecule has 2 fully saturated rings. The number of amides is 1. The number of ether oxygens (including phenoxy) is 1. The van der Waals surface area contributed by atoms with Gasteiger partial charge >= 0.3 is 0 Å². The highest BCUT2D eigenvalue weighted by atomic mass is 16.5. The third-order valence-corrected chi connectivity index (χ3v) is 5.38. The van der Waals surface area contributed by atoms with Crippen molar-refractivity contribution in [3.05, 3.63) is 48.3 Å². The number of aromatic nitrogens is 2. The second kappa shape index (κ2) is 9.67. The number of carbonyl (C=O) groups is 1. The SMILES string of the molecule is O=C(NCCN1CCOCC1)c1ccnc(N2CCN(c3ccccc3)CC2)n1. The van der Waals surface area contributed by atoms with Crippen molar-refractivity contribution in [2.24, 2.45) is 0 Å². The zero-order valence-electron chi connectivity index (χ0n) is 16.7. The van der Waals surface area contributed by atoms with Crippen LogP contribution in [0.3, 0.4) is 0 Å². The lowest BCUT2D eigenvalue weighted by Gasteiger charge is -2.36. The van der Waals surface area contributed by atoms with E-state index in [0.717, 1.165) is 59.0 Å². The average molecular weight is 396 g/mol. The third kappa shape index (κ3) is 5.21. The quantitative estimate of drug-likeness (QED) is 0.777. The van der Waals surface area contributed by atoms with Crippen LogP contribution in [0.4, 0.5) is 11.6 Å². The monoisotopic (exact) mass is 396 g/mol. The first kappa shape index (κ1) is 19.6. The zero-order chi connectivity index (χ0) is 19.9. The lowest BCUT2D eigenvalue weighted by atomic mass is 10.2. The Balaban J connectivity index is 1.28. The molecule has 0 bridgehead atoms. The predicted molar refractivity (Wildman–Crippen MR) is 112 cm³/mol. The summed E-state index contributed by atoms with van der Waals surface area (Å²) in [6.45, 7) is 8.27. The number of anilines is 2. The summed E-state index contributed by atoms with van der Waals surface area (Å²) in [5.74, 6) is 0.475. The molecular formula is C21H28N6O2. The first-order valence-electron chi connectivity index (χ1n) is 10.3. The van der Waals surface area contributed by atoms with Crippen LogP contribution >= 0.6 is 0 Å². The van der Waals surface area contributed by atoms with Crippen LogP contribution in [-0.4, -0.2) is 86.3 Å². The van der Waals surface area contributed by atoms with Crippen molar-refractivity contribution < 1.29 is 9.53 Å². The van der Waals surface area contributed by atoms with Gasteiger partial charge in [-0.2, -0.15) is 0 Å². The van der Waals surface area contributed by atoms with Crippen molar-refractivity contribution in [3.8, 4) is 0 Å². The summed E-state index contributed by atoms with van der Waals surface area (Å²) in [5.41, 5.74) is 1.66. The van der Waals surface area contributed by atoms with E-state index in [1.807, 2.05) is 6.07 Å². The van der Waals surface area contributed by atoms with Crippen LogP contribution < -0.4 is 15.1 Å². The summed E-state index contributed by atoms with van der Waals surface area (Å²) in [5, 5.41) is 2.97. The lowest BCUT2D eigenvalue weighted by Crippen LogP contribution is -2.47. The van der Waals surface area contributed by atoms with Crippen LogP contribution in [0.2, 0.25) is 0 Å². The molecule has 0 aliphatic carbocycles. The van der Waals surface area contributed by atoms with Gasteiger partial charge in [0.05, 0.1) is 13.2 Å². The molecule has 1 aromatic heterocycles. The van der Waals surface area contributed by atoms with Gasteiger partial charge in [0.15, 0.2) is 0 Å². The lowest BCUT2D eigenvalue weighted by molar-refractivity contribution is 0.0383. The highest BCUT2D eigenvalue weighted by Gasteiger charge is 2.20. The molecule has 1 N–H and O–H groups in total. The van der Waals surface area contributed by atoms with E-state index in [1.165, 1.54) is 5.69 Å². The normalized spacial score (nSPS) is 17.9. The number of hydrogen-bond acceptors (Lipinski definition) is 7. The van der Waals surface area contributed by atoms with Gasteiger partial charge in [-0.25, -0.2) is 9.97 Å². The molecular weight excluding hydrogens is 368 g/mol. The minimum atomic E-state index is -0.148. The number of morpholine rings is 1. The maximum Gasteiger partial charge on any atom is 0.270 e. The van der Waals surface area contributed by atoms with Gasteiger partial charge in [0.25, 0.3) is 5.91 Å². The Morgan fingerprint density at radius 3 is 2.45 bits per heavy atom. The van der Waals surface area contributed by atoms with Gasteiger partial charge in [0.2, 0.25) is 5.95 Å². The largest absolute Gasteiger partial charge is 0.379 e. The molecule has 3 heterocycles. The number of piperazine rings is 1. The van der Waals surface area contributed by atoms with Crippen molar-refractivity contribution in [3.63, 3.8) is 0 Å². The summed E-state index contributed by atoms with van der Waals surface area (Å²) < 4.78 is 5.35. The molecule has 2 saturated heterocycles. The molecule has 29 heavy (non-hydrogen) atoms. The fraction of sp³-hybridized carbons (Fsp3) is 0.476. The maximum atomic E-state index is 12.5. The Bertz CT molecular complexity index is 789. The number of rotatable bonds is 6. The number of benzene rings is 1. The highest BCUT2D eigenvalue weighted by molar-refractivity contribution is 5.92. The van der Waals surface area contributed by atoms with Crippen LogP contribution in [0.15, 0.2) is 42.6 Å². The van der Waals surface area contributed by atoms with E-state index < -0.39 is 0 Å². The number of carbonyl (C=O) groups excluding carboxylic acids is 1. The second-order valence-electron chi connectivity index (χ2n) is 7.26. The van der Waals surface area contributed by atoms with Crippen molar-refractivity contribution >= 4 is 17.5 Å². The molecule has 1 aromatic carbocycles. The van der Waals surface area contributed by atoms with E-state index in [2.05, 4.69) is 54.2 Å². The number of nitrogens with one attached hydrogen (secondary N) is 1. The van der Waals surface area contributed by atoms with E-state index >= 15 is 0 Å². The van der Waals surface area contributed by atoms with E-state index in [-0.39, 0.29) is 5.91 Å². The van der Waals surface area contributed by atoms with E-state index in [4.69, 9.17) is 4.74 Å². The van der Waals surface area contributed by atoms with Crippen LogP contribution in [0.1, 0.15) is 10.5 Å². The first-order valence-corrected chi connectivity index (χ1v) is 10.3. The first-order chi connectivity index (χ1) is 14.3. The Morgan fingerprint density at radius 2 is 1.69 bits per heavy atom. The van der Waals surface area contributed by atoms with Gasteiger partial charge in [-0.15, -0.1) is 0 Å². The topological polar surface area (TPSA) is 73.8 Å². The smallest absolute Gasteiger partial charge is 0.270 e. The second-order valence-corrected chi connectivity index (χ2v) is 7.26. The molecule has 2 aliphatic heterocycles. The Morgan fingerprint density at radius 1 is 0.966 bits per heavy atom. The maximum absolute atomic E-state index is 12.5. The predicted octanol–water partition coefficient (Wildman–Crippen LogP) is 0.865. The van der Waals surface area contributed by atoms with Crippen LogP contribution in [0, 0.1) is 0 Å². The van der Waals surface area contributed by atoms with Crippen molar-refractivity contribution in [2.45, 2.75) is 0 Å². The Kier molecular flexibility index (Phi) is 6.53. The van der Waals surface area contributed by atoms with Crippen LogP contribution in [0.5, 0.6) is 0 Å². The molecule has 0 atom stereocenters. The molecule has 0 saturated carbocycles. The summed E-state index contributed by atoms with van der Waals surface area (Å²) >= 11 is 0. The summed E-state index contributed by atoms with van der Waals surface area (Å²) in [7, 11) is 0. The Hall–Kier alpha value is -2.71. The van der Waals surface area contributed by atoms with E-state index in [9.17, 15) is 4.79 Å². The molecule has 8 nitrogen and oxygen atoms in total. The molecule has 2 aromatic rings. The van der Waals surface area contributed by atoms with Gasteiger partial charge in [0, 0.05) is 64.2 Å². The minimum Gasteiger partial charge on any atom is -0.379 e. The average Bonchev–Trinajstić information content (AvgIpc) is 2.80. The van der Waals surface area contributed by atoms with Crippen LogP contribution in [0.25, 0.3) is 0 Å². The van der Waals surface area contributed by atoms with Crippen molar-refractivity contribution in [2.75, 3.05) is 75.4 Å². The van der Waals surface area contributed by atoms with Crippen molar-refractivity contribution in [1.82, 2.24) is 20.2 Å². The standard InChI is InChI=1S/C21H28N6O2/c28-20(22-8-9-25-14-16-29-17-15-25)19-6-7-23-21(24-19)27-12-10-26(11-13-27)18-4-2-1-3-5-18/h1-7H,8-17H2,(H,22,28). The molecule has 0 radical (unpaired) electrons. The van der Waals surface area contributed by atoms with E-state index in [1.54, 1.807) is 12.3 Å². The van der Waals surface area contributed by atoms with E-state index in [0.29, 0.717) is 18.2 Å². The number of nitrogens with zero attached hydrogens (tertiary/aromatic N) is 5. The number of hydrogen-bond donors (Lipinski definition) is 1. The summed E-state index contributed by atoms with van der Waals surface area (Å²) in [6, 6.07) is 12.1. The van der Waals surface area contributed by atoms with Gasteiger partial charge < -0.3 is 19.9 Å². The van der Waals surface area contributed by atoms with Gasteiger partial charge in [-0.1, -0.05) is 18.2 Å². The third-order valence-electron chi connectivity index (χ3n) is 5.38. The molecule has 4 rings (SSSR count). The molecule has 0 spiro atoms. The summed E-state index contributed by atoms with van der Waals surface area (Å²) in [6.07, 6.45) is 1.67. The fourth-order valence-corrected chi connectivity index (χ4v) is 3.67. The van der Waals surface area contributed by atoms with Crippen LogP contribution in [-0.2, 0) is 4.74 Å². The molecule has 0 unspecified atom stereocenters.